The summed E-state index contributed by atoms with van der Waals surface area (Å²) in [6.45, 7) is -0.0971. The van der Waals surface area contributed by atoms with Gasteiger partial charge < -0.3 is 15.4 Å². The second kappa shape index (κ2) is 8.51. The number of nitriles is 1. The predicted molar refractivity (Wildman–Crippen MR) is 116 cm³/mol. The van der Waals surface area contributed by atoms with Gasteiger partial charge in [0, 0.05) is 49.2 Å². The molecule has 4 aromatic rings. The summed E-state index contributed by atoms with van der Waals surface area (Å²) in [5.74, 6) is 0.695. The predicted octanol–water partition coefficient (Wildman–Crippen LogP) is 2.77. The van der Waals surface area contributed by atoms with E-state index < -0.39 is 0 Å². The highest BCUT2D eigenvalue weighted by Gasteiger charge is 2.10. The fraction of sp³-hybridized carbons (Fsp3) is 0.136. The molecule has 0 spiro atoms. The normalized spacial score (nSPS) is 10.5. The van der Waals surface area contributed by atoms with Crippen molar-refractivity contribution in [2.75, 3.05) is 19.0 Å². The van der Waals surface area contributed by atoms with E-state index in [9.17, 15) is 4.79 Å². The number of amides is 1. The van der Waals surface area contributed by atoms with Crippen LogP contribution in [0.3, 0.4) is 0 Å². The van der Waals surface area contributed by atoms with E-state index in [2.05, 4.69) is 31.8 Å². The lowest BCUT2D eigenvalue weighted by Gasteiger charge is -2.12. The van der Waals surface area contributed by atoms with Crippen LogP contribution in [0, 0.1) is 11.3 Å². The Kier molecular flexibility index (Phi) is 5.45. The maximum atomic E-state index is 11.6. The minimum atomic E-state index is -0.226. The summed E-state index contributed by atoms with van der Waals surface area (Å²) in [7, 11) is 3.40. The van der Waals surface area contributed by atoms with Gasteiger partial charge in [0.25, 0.3) is 5.91 Å². The molecule has 0 aliphatic rings. The third-order valence-electron chi connectivity index (χ3n) is 4.56. The number of anilines is 2. The van der Waals surface area contributed by atoms with Gasteiger partial charge in [-0.2, -0.15) is 10.4 Å². The third kappa shape index (κ3) is 4.59. The van der Waals surface area contributed by atoms with Crippen LogP contribution in [-0.2, 0) is 11.8 Å². The molecule has 2 aromatic heterocycles. The van der Waals surface area contributed by atoms with Crippen LogP contribution in [0.5, 0.6) is 5.75 Å². The van der Waals surface area contributed by atoms with Crippen molar-refractivity contribution >= 4 is 28.4 Å². The molecule has 9 nitrogen and oxygen atoms in total. The smallest absolute Gasteiger partial charge is 0.257 e. The molecule has 4 rings (SSSR count). The Morgan fingerprint density at radius 2 is 2.06 bits per heavy atom. The Morgan fingerprint density at radius 3 is 2.81 bits per heavy atom. The fourth-order valence-electron chi connectivity index (χ4n) is 3.00. The largest absolute Gasteiger partial charge is 0.484 e. The Bertz CT molecular complexity index is 1310. The number of rotatable bonds is 6. The topological polar surface area (TPSA) is 118 Å². The van der Waals surface area contributed by atoms with Crippen LogP contribution in [0.15, 0.2) is 55.0 Å². The molecule has 2 N–H and O–H groups in total. The molecule has 1 amide bonds. The van der Waals surface area contributed by atoms with Crippen molar-refractivity contribution in [2.24, 2.45) is 7.05 Å². The van der Waals surface area contributed by atoms with Gasteiger partial charge in [-0.3, -0.25) is 9.48 Å². The van der Waals surface area contributed by atoms with Crippen LogP contribution in [0.25, 0.3) is 22.0 Å². The molecule has 2 heterocycles. The van der Waals surface area contributed by atoms with Crippen LogP contribution < -0.4 is 15.4 Å². The van der Waals surface area contributed by atoms with E-state index in [1.807, 2.05) is 25.4 Å². The average Bonchev–Trinajstić information content (AvgIpc) is 3.23. The molecule has 0 aliphatic carbocycles. The first-order valence-corrected chi connectivity index (χ1v) is 9.45. The number of aryl methyl sites for hydroxylation is 1. The number of nitrogens with zero attached hydrogens (tertiary/aromatic N) is 5. The molecule has 0 radical (unpaired) electrons. The lowest BCUT2D eigenvalue weighted by atomic mass is 10.1. The number of likely N-dealkylation sites (N-methyl/N-ethyl adjacent to an activating group) is 1. The van der Waals surface area contributed by atoms with E-state index in [4.69, 9.17) is 10.00 Å². The molecule has 2 aromatic carbocycles. The van der Waals surface area contributed by atoms with Crippen molar-refractivity contribution in [1.29, 1.82) is 5.26 Å². The van der Waals surface area contributed by atoms with Gasteiger partial charge in [0.2, 0.25) is 5.95 Å². The zero-order chi connectivity index (χ0) is 21.8. The maximum absolute atomic E-state index is 11.6. The van der Waals surface area contributed by atoms with Crippen LogP contribution in [0.4, 0.5) is 11.6 Å². The summed E-state index contributed by atoms with van der Waals surface area (Å²) >= 11 is 0. The monoisotopic (exact) mass is 413 g/mol. The Hall–Kier alpha value is -4.45. The SMILES string of the molecule is CNC(=O)COc1cc(Nc2ncc3cc(C#N)ccc3n2)cc(-c2cnn(C)c2)c1. The molecule has 0 aliphatic heterocycles. The van der Waals surface area contributed by atoms with Crippen molar-refractivity contribution in [2.45, 2.75) is 0 Å². The summed E-state index contributed by atoms with van der Waals surface area (Å²) in [6.07, 6.45) is 5.31. The Morgan fingerprint density at radius 1 is 1.19 bits per heavy atom. The van der Waals surface area contributed by atoms with Crippen LogP contribution in [0.1, 0.15) is 5.56 Å². The second-order valence-corrected chi connectivity index (χ2v) is 6.81. The molecule has 154 valence electrons. The highest BCUT2D eigenvalue weighted by atomic mass is 16.5. The minimum Gasteiger partial charge on any atom is -0.484 e. The van der Waals surface area contributed by atoms with Crippen LogP contribution >= 0.6 is 0 Å². The summed E-state index contributed by atoms with van der Waals surface area (Å²) in [5, 5.41) is 19.8. The van der Waals surface area contributed by atoms with Gasteiger partial charge in [0.1, 0.15) is 5.75 Å². The average molecular weight is 413 g/mol. The van der Waals surface area contributed by atoms with Gasteiger partial charge in [-0.1, -0.05) is 0 Å². The number of hydrogen-bond acceptors (Lipinski definition) is 7. The van der Waals surface area contributed by atoms with E-state index in [-0.39, 0.29) is 12.5 Å². The molecule has 0 fully saturated rings. The van der Waals surface area contributed by atoms with Gasteiger partial charge in [0.15, 0.2) is 6.61 Å². The van der Waals surface area contributed by atoms with Crippen molar-refractivity contribution in [1.82, 2.24) is 25.1 Å². The zero-order valence-electron chi connectivity index (χ0n) is 17.0. The molecule has 0 bridgehead atoms. The molecule has 0 atom stereocenters. The third-order valence-corrected chi connectivity index (χ3v) is 4.56. The summed E-state index contributed by atoms with van der Waals surface area (Å²) in [6, 6.07) is 12.9. The number of fused-ring (bicyclic) bond motifs is 1. The van der Waals surface area contributed by atoms with Crippen molar-refractivity contribution < 1.29 is 9.53 Å². The number of ether oxygens (including phenoxy) is 1. The summed E-state index contributed by atoms with van der Waals surface area (Å²) < 4.78 is 7.36. The van der Waals surface area contributed by atoms with Crippen LogP contribution in [-0.4, -0.2) is 39.3 Å². The number of nitrogens with one attached hydrogen (secondary N) is 2. The van der Waals surface area contributed by atoms with Crippen molar-refractivity contribution in [3.05, 3.63) is 60.6 Å². The van der Waals surface area contributed by atoms with E-state index in [0.29, 0.717) is 22.9 Å². The number of aromatic nitrogens is 4. The number of carbonyl (C=O) groups excluding carboxylic acids is 1. The summed E-state index contributed by atoms with van der Waals surface area (Å²) in [5.41, 5.74) is 3.74. The molecular formula is C22H19N7O2. The second-order valence-electron chi connectivity index (χ2n) is 6.81. The van der Waals surface area contributed by atoms with E-state index >= 15 is 0 Å². The highest BCUT2D eigenvalue weighted by Crippen LogP contribution is 2.30. The minimum absolute atomic E-state index is 0.0971. The van der Waals surface area contributed by atoms with Gasteiger partial charge in [0.05, 0.1) is 23.3 Å². The zero-order valence-corrected chi connectivity index (χ0v) is 17.0. The Labute approximate surface area is 178 Å². The first kappa shape index (κ1) is 19.8. The standard InChI is InChI=1S/C22H19N7O2/c1-24-21(30)13-31-19-7-15(17-11-26-29(2)12-17)6-18(8-19)27-22-25-10-16-5-14(9-23)3-4-20(16)28-22/h3-8,10-12H,13H2,1-2H3,(H,24,30)(H,25,27,28). The molecule has 0 saturated heterocycles. The first-order chi connectivity index (χ1) is 15.0. The summed E-state index contributed by atoms with van der Waals surface area (Å²) in [4.78, 5) is 20.4. The van der Waals surface area contributed by atoms with Gasteiger partial charge >= 0.3 is 0 Å². The van der Waals surface area contributed by atoms with Crippen molar-refractivity contribution in [3.8, 4) is 22.9 Å². The van der Waals surface area contributed by atoms with E-state index in [1.165, 1.54) is 0 Å². The molecule has 31 heavy (non-hydrogen) atoms. The van der Waals surface area contributed by atoms with Gasteiger partial charge in [-0.05, 0) is 35.9 Å². The quantitative estimate of drug-likeness (QED) is 0.499. The Balaban J connectivity index is 1.66. The molecular weight excluding hydrogens is 394 g/mol. The first-order valence-electron chi connectivity index (χ1n) is 9.45. The van der Waals surface area contributed by atoms with Crippen molar-refractivity contribution in [3.63, 3.8) is 0 Å². The highest BCUT2D eigenvalue weighted by molar-refractivity contribution is 5.81. The number of hydrogen-bond donors (Lipinski definition) is 2. The molecule has 0 saturated carbocycles. The number of benzene rings is 2. The van der Waals surface area contributed by atoms with Gasteiger partial charge in [-0.15, -0.1) is 0 Å². The fourth-order valence-corrected chi connectivity index (χ4v) is 3.00. The van der Waals surface area contributed by atoms with Gasteiger partial charge in [-0.25, -0.2) is 9.97 Å². The lowest BCUT2D eigenvalue weighted by Crippen LogP contribution is -2.24. The van der Waals surface area contributed by atoms with E-state index in [0.717, 1.165) is 22.0 Å². The molecule has 9 heteroatoms. The number of carbonyl (C=O) groups is 1. The lowest BCUT2D eigenvalue weighted by molar-refractivity contribution is -0.122. The maximum Gasteiger partial charge on any atom is 0.257 e. The molecule has 0 unspecified atom stereocenters. The van der Waals surface area contributed by atoms with Crippen LogP contribution in [0.2, 0.25) is 0 Å². The van der Waals surface area contributed by atoms with E-state index in [1.54, 1.807) is 48.4 Å².